The topological polar surface area (TPSA) is 120 Å². The number of furan rings is 1. The van der Waals surface area contributed by atoms with E-state index in [9.17, 15) is 21.6 Å². The molecule has 0 saturated heterocycles. The number of hydrogen-bond donors (Lipinski definition) is 1. The van der Waals surface area contributed by atoms with Crippen LogP contribution in [-0.4, -0.2) is 36.0 Å². The van der Waals surface area contributed by atoms with Crippen molar-refractivity contribution in [1.29, 1.82) is 0 Å². The van der Waals surface area contributed by atoms with E-state index in [4.69, 9.17) is 9.15 Å². The van der Waals surface area contributed by atoms with Crippen LogP contribution in [-0.2, 0) is 35.1 Å². The molecule has 1 heterocycles. The van der Waals surface area contributed by atoms with Gasteiger partial charge in [-0.2, -0.15) is 4.72 Å². The van der Waals surface area contributed by atoms with E-state index in [0.717, 1.165) is 16.5 Å². The molecule has 8 nitrogen and oxygen atoms in total. The first-order valence-corrected chi connectivity index (χ1v) is 14.6. The lowest BCUT2D eigenvalue weighted by atomic mass is 10.0. The summed E-state index contributed by atoms with van der Waals surface area (Å²) < 4.78 is 63.9. The molecule has 0 bridgehead atoms. The quantitative estimate of drug-likeness (QED) is 0.309. The average molecular weight is 542 g/mol. The van der Waals surface area contributed by atoms with E-state index in [0.29, 0.717) is 11.1 Å². The predicted molar refractivity (Wildman–Crippen MR) is 140 cm³/mol. The van der Waals surface area contributed by atoms with E-state index in [1.54, 1.807) is 68.4 Å². The molecular weight excluding hydrogens is 514 g/mol. The van der Waals surface area contributed by atoms with Crippen LogP contribution in [0.15, 0.2) is 93.3 Å². The number of benzene rings is 3. The van der Waals surface area contributed by atoms with Crippen LogP contribution in [0.3, 0.4) is 0 Å². The molecule has 1 N–H and O–H groups in total. The highest BCUT2D eigenvalue weighted by atomic mass is 32.2. The number of rotatable bonds is 9. The smallest absolute Gasteiger partial charge is 0.324 e. The number of ether oxygens (including phenoxy) is 1. The summed E-state index contributed by atoms with van der Waals surface area (Å²) in [5, 5.41) is 0.650. The third-order valence-electron chi connectivity index (χ3n) is 5.92. The van der Waals surface area contributed by atoms with Crippen molar-refractivity contribution < 1.29 is 30.8 Å². The Balaban J connectivity index is 1.48. The number of sulfonamides is 1. The summed E-state index contributed by atoms with van der Waals surface area (Å²) in [6.45, 7) is 3.44. The van der Waals surface area contributed by atoms with Crippen LogP contribution in [0.2, 0.25) is 0 Å². The van der Waals surface area contributed by atoms with Gasteiger partial charge in [-0.3, -0.25) is 4.79 Å². The molecule has 4 rings (SSSR count). The highest BCUT2D eigenvalue weighted by Gasteiger charge is 2.29. The number of fused-ring (bicyclic) bond motifs is 1. The lowest BCUT2D eigenvalue weighted by molar-refractivity contribution is -0.143. The summed E-state index contributed by atoms with van der Waals surface area (Å²) in [6, 6.07) is 20.8. The first-order valence-electron chi connectivity index (χ1n) is 11.5. The fraction of sp³-hybridized carbons (Fsp3) is 0.222. The number of carbonyl (C=O) groups excluding carboxylic acids is 1. The summed E-state index contributed by atoms with van der Waals surface area (Å²) in [7, 11) is -6.41. The van der Waals surface area contributed by atoms with Gasteiger partial charge in [0, 0.05) is 11.5 Å². The van der Waals surface area contributed by atoms with Gasteiger partial charge in [0.05, 0.1) is 17.8 Å². The summed E-state index contributed by atoms with van der Waals surface area (Å²) in [5.74, 6) is -1.17. The molecule has 3 aromatic carbocycles. The second-order valence-electron chi connectivity index (χ2n) is 8.95. The van der Waals surface area contributed by atoms with E-state index >= 15 is 0 Å². The standard InChI is InChI=1S/C27H27NO7S2/c1-18(2)26(27(29)34-3)28-37(32,33)23-14-12-21(13-15-23)20-10-8-19(9-11-20)17-36(30,31)25-16-22-6-4-5-7-24(22)35-25/h4-16,18,26,28H,17H2,1-3H3. The zero-order valence-electron chi connectivity index (χ0n) is 20.5. The zero-order chi connectivity index (χ0) is 26.8. The molecule has 0 aliphatic carbocycles. The maximum atomic E-state index is 12.9. The van der Waals surface area contributed by atoms with Gasteiger partial charge in [-0.15, -0.1) is 0 Å². The normalized spacial score (nSPS) is 13.1. The van der Waals surface area contributed by atoms with Crippen LogP contribution in [0.5, 0.6) is 0 Å². The van der Waals surface area contributed by atoms with Gasteiger partial charge in [-0.05, 0) is 40.8 Å². The molecule has 194 valence electrons. The van der Waals surface area contributed by atoms with Crippen molar-refractivity contribution in [2.75, 3.05) is 7.11 Å². The second kappa shape index (κ2) is 10.5. The van der Waals surface area contributed by atoms with E-state index in [1.165, 1.54) is 25.3 Å². The minimum atomic E-state index is -3.95. The molecule has 0 aliphatic heterocycles. The van der Waals surface area contributed by atoms with Crippen LogP contribution >= 0.6 is 0 Å². The summed E-state index contributed by atoms with van der Waals surface area (Å²) in [6.07, 6.45) is 0. The summed E-state index contributed by atoms with van der Waals surface area (Å²) in [5.41, 5.74) is 2.65. The van der Waals surface area contributed by atoms with Crippen molar-refractivity contribution in [3.05, 3.63) is 84.4 Å². The molecule has 0 aliphatic rings. The lowest BCUT2D eigenvalue weighted by Crippen LogP contribution is -2.44. The number of hydrogen-bond acceptors (Lipinski definition) is 7. The molecule has 1 atom stereocenters. The Morgan fingerprint density at radius 3 is 2.05 bits per heavy atom. The first-order chi connectivity index (χ1) is 17.5. The molecule has 0 radical (unpaired) electrons. The van der Waals surface area contributed by atoms with Crippen molar-refractivity contribution in [3.8, 4) is 11.1 Å². The Morgan fingerprint density at radius 1 is 0.892 bits per heavy atom. The predicted octanol–water partition coefficient (Wildman–Crippen LogP) is 4.55. The second-order valence-corrected chi connectivity index (χ2v) is 12.6. The molecule has 1 aromatic heterocycles. The van der Waals surface area contributed by atoms with Crippen LogP contribution in [0, 0.1) is 5.92 Å². The molecular formula is C27H27NO7S2. The Kier molecular flexibility index (Phi) is 7.54. The molecule has 0 amide bonds. The molecule has 0 saturated carbocycles. The maximum absolute atomic E-state index is 12.9. The number of para-hydroxylation sites is 1. The zero-order valence-corrected chi connectivity index (χ0v) is 22.2. The largest absolute Gasteiger partial charge is 0.468 e. The minimum Gasteiger partial charge on any atom is -0.468 e. The van der Waals surface area contributed by atoms with Crippen molar-refractivity contribution in [2.24, 2.45) is 5.92 Å². The third kappa shape index (κ3) is 5.93. The van der Waals surface area contributed by atoms with E-state index in [-0.39, 0.29) is 21.7 Å². The van der Waals surface area contributed by atoms with Crippen molar-refractivity contribution in [2.45, 2.75) is 35.6 Å². The fourth-order valence-corrected chi connectivity index (χ4v) is 6.47. The monoisotopic (exact) mass is 541 g/mol. The molecule has 37 heavy (non-hydrogen) atoms. The average Bonchev–Trinajstić information content (AvgIpc) is 3.33. The first kappa shape index (κ1) is 26.6. The molecule has 1 unspecified atom stereocenters. The van der Waals surface area contributed by atoms with Crippen molar-refractivity contribution in [3.63, 3.8) is 0 Å². The van der Waals surface area contributed by atoms with E-state index in [2.05, 4.69) is 4.72 Å². The number of carbonyl (C=O) groups is 1. The molecule has 4 aromatic rings. The van der Waals surface area contributed by atoms with Crippen molar-refractivity contribution >= 4 is 36.8 Å². The highest BCUT2D eigenvalue weighted by molar-refractivity contribution is 7.90. The Hall–Kier alpha value is -3.47. The van der Waals surface area contributed by atoms with Crippen LogP contribution < -0.4 is 4.72 Å². The molecule has 10 heteroatoms. The molecule has 0 spiro atoms. The third-order valence-corrected chi connectivity index (χ3v) is 8.91. The maximum Gasteiger partial charge on any atom is 0.324 e. The SMILES string of the molecule is COC(=O)C(NS(=O)(=O)c1ccc(-c2ccc(CS(=O)(=O)c3cc4ccccc4o3)cc2)cc1)C(C)C. The lowest BCUT2D eigenvalue weighted by Gasteiger charge is -2.19. The summed E-state index contributed by atoms with van der Waals surface area (Å²) in [4.78, 5) is 12.0. The van der Waals surface area contributed by atoms with Gasteiger partial charge in [-0.25, -0.2) is 16.8 Å². The van der Waals surface area contributed by atoms with Crippen LogP contribution in [0.4, 0.5) is 0 Å². The Morgan fingerprint density at radius 2 is 1.49 bits per heavy atom. The van der Waals surface area contributed by atoms with Gasteiger partial charge in [0.1, 0.15) is 11.6 Å². The van der Waals surface area contributed by atoms with Gasteiger partial charge in [0.25, 0.3) is 0 Å². The Bertz CT molecular complexity index is 1590. The van der Waals surface area contributed by atoms with E-state index < -0.39 is 31.9 Å². The van der Waals surface area contributed by atoms with E-state index in [1.807, 2.05) is 6.07 Å². The van der Waals surface area contributed by atoms with Gasteiger partial charge < -0.3 is 9.15 Å². The minimum absolute atomic E-state index is 0.0133. The molecule has 0 fully saturated rings. The summed E-state index contributed by atoms with van der Waals surface area (Å²) >= 11 is 0. The number of nitrogens with one attached hydrogen (secondary N) is 1. The Labute approximate surface area is 216 Å². The van der Waals surface area contributed by atoms with Gasteiger partial charge in [-0.1, -0.05) is 68.4 Å². The van der Waals surface area contributed by atoms with Gasteiger partial charge >= 0.3 is 5.97 Å². The fourth-order valence-electron chi connectivity index (χ4n) is 3.84. The highest BCUT2D eigenvalue weighted by Crippen LogP contribution is 2.27. The van der Waals surface area contributed by atoms with Crippen molar-refractivity contribution in [1.82, 2.24) is 4.72 Å². The van der Waals surface area contributed by atoms with Gasteiger partial charge in [0.2, 0.25) is 25.0 Å². The number of esters is 1. The van der Waals surface area contributed by atoms with Gasteiger partial charge in [0.15, 0.2) is 0 Å². The number of sulfone groups is 1. The van der Waals surface area contributed by atoms with Crippen LogP contribution in [0.25, 0.3) is 22.1 Å². The van der Waals surface area contributed by atoms with Crippen LogP contribution in [0.1, 0.15) is 19.4 Å². The number of methoxy groups -OCH3 is 1.